The Kier molecular flexibility index (Phi) is 5.46. The SMILES string of the molecule is CCNCc1ccc(Oc2cc(Br)ccc2C)cc1Cl. The molecule has 4 heteroatoms. The molecule has 20 heavy (non-hydrogen) atoms. The second-order valence-corrected chi connectivity index (χ2v) is 5.87. The molecule has 0 aliphatic rings. The van der Waals surface area contributed by atoms with Crippen molar-refractivity contribution in [3.8, 4) is 11.5 Å². The Hall–Kier alpha value is -1.03. The molecule has 2 rings (SSSR count). The highest BCUT2D eigenvalue weighted by Gasteiger charge is 2.06. The summed E-state index contributed by atoms with van der Waals surface area (Å²) in [7, 11) is 0. The van der Waals surface area contributed by atoms with Gasteiger partial charge in [-0.05, 0) is 48.9 Å². The summed E-state index contributed by atoms with van der Waals surface area (Å²) in [5, 5.41) is 3.98. The fraction of sp³-hybridized carbons (Fsp3) is 0.250. The molecule has 0 saturated heterocycles. The van der Waals surface area contributed by atoms with Crippen LogP contribution in [0.5, 0.6) is 11.5 Å². The molecule has 0 atom stereocenters. The smallest absolute Gasteiger partial charge is 0.131 e. The predicted octanol–water partition coefficient (Wildman–Crippen LogP) is 5.31. The summed E-state index contributed by atoms with van der Waals surface area (Å²) in [6, 6.07) is 11.8. The molecule has 0 radical (unpaired) electrons. The van der Waals surface area contributed by atoms with Crippen molar-refractivity contribution in [3.05, 3.63) is 57.0 Å². The van der Waals surface area contributed by atoms with Crippen LogP contribution in [-0.4, -0.2) is 6.54 Å². The van der Waals surface area contributed by atoms with Gasteiger partial charge in [-0.3, -0.25) is 0 Å². The van der Waals surface area contributed by atoms with Crippen molar-refractivity contribution in [1.82, 2.24) is 5.32 Å². The molecule has 0 amide bonds. The minimum Gasteiger partial charge on any atom is -0.457 e. The molecule has 2 aromatic carbocycles. The van der Waals surface area contributed by atoms with E-state index >= 15 is 0 Å². The van der Waals surface area contributed by atoms with Gasteiger partial charge in [-0.2, -0.15) is 0 Å². The summed E-state index contributed by atoms with van der Waals surface area (Å²) in [4.78, 5) is 0. The second kappa shape index (κ2) is 7.11. The maximum atomic E-state index is 6.27. The first-order chi connectivity index (χ1) is 9.60. The summed E-state index contributed by atoms with van der Waals surface area (Å²) in [6.07, 6.45) is 0. The van der Waals surface area contributed by atoms with Gasteiger partial charge in [0.25, 0.3) is 0 Å². The molecular formula is C16H17BrClNO. The van der Waals surface area contributed by atoms with E-state index in [1.165, 1.54) is 0 Å². The van der Waals surface area contributed by atoms with E-state index in [0.717, 1.165) is 45.2 Å². The van der Waals surface area contributed by atoms with Crippen molar-refractivity contribution in [1.29, 1.82) is 0 Å². The average molecular weight is 355 g/mol. The lowest BCUT2D eigenvalue weighted by molar-refractivity contribution is 0.478. The van der Waals surface area contributed by atoms with Crippen LogP contribution in [0.15, 0.2) is 40.9 Å². The Balaban J connectivity index is 2.17. The number of nitrogens with one attached hydrogen (secondary N) is 1. The molecule has 0 aromatic heterocycles. The third kappa shape index (κ3) is 3.98. The third-order valence-corrected chi connectivity index (χ3v) is 3.81. The zero-order chi connectivity index (χ0) is 14.5. The number of ether oxygens (including phenoxy) is 1. The Labute approximate surface area is 133 Å². The van der Waals surface area contributed by atoms with Gasteiger partial charge in [-0.1, -0.05) is 46.6 Å². The normalized spacial score (nSPS) is 10.6. The van der Waals surface area contributed by atoms with Crippen molar-refractivity contribution in [2.24, 2.45) is 0 Å². The van der Waals surface area contributed by atoms with Gasteiger partial charge in [0.1, 0.15) is 11.5 Å². The van der Waals surface area contributed by atoms with Crippen LogP contribution in [0, 0.1) is 6.92 Å². The van der Waals surface area contributed by atoms with Gasteiger partial charge in [-0.15, -0.1) is 0 Å². The first kappa shape index (κ1) is 15.4. The van der Waals surface area contributed by atoms with Crippen LogP contribution in [0.4, 0.5) is 0 Å². The van der Waals surface area contributed by atoms with Crippen molar-refractivity contribution in [2.45, 2.75) is 20.4 Å². The van der Waals surface area contributed by atoms with Crippen molar-refractivity contribution in [3.63, 3.8) is 0 Å². The van der Waals surface area contributed by atoms with Crippen LogP contribution >= 0.6 is 27.5 Å². The van der Waals surface area contributed by atoms with Gasteiger partial charge in [0.2, 0.25) is 0 Å². The molecule has 0 saturated carbocycles. The maximum Gasteiger partial charge on any atom is 0.131 e. The average Bonchev–Trinajstić information content (AvgIpc) is 2.42. The zero-order valence-electron chi connectivity index (χ0n) is 11.5. The van der Waals surface area contributed by atoms with Gasteiger partial charge < -0.3 is 10.1 Å². The molecule has 0 heterocycles. The molecule has 2 aromatic rings. The summed E-state index contributed by atoms with van der Waals surface area (Å²) < 4.78 is 6.89. The van der Waals surface area contributed by atoms with Crippen LogP contribution in [0.1, 0.15) is 18.1 Å². The van der Waals surface area contributed by atoms with Crippen molar-refractivity contribution < 1.29 is 4.74 Å². The van der Waals surface area contributed by atoms with E-state index in [-0.39, 0.29) is 0 Å². The summed E-state index contributed by atoms with van der Waals surface area (Å²) in [5.74, 6) is 1.58. The van der Waals surface area contributed by atoms with E-state index in [1.54, 1.807) is 0 Å². The van der Waals surface area contributed by atoms with E-state index < -0.39 is 0 Å². The van der Waals surface area contributed by atoms with Crippen molar-refractivity contribution in [2.75, 3.05) is 6.54 Å². The highest BCUT2D eigenvalue weighted by molar-refractivity contribution is 9.10. The van der Waals surface area contributed by atoms with Gasteiger partial charge in [0, 0.05) is 16.0 Å². The zero-order valence-corrected chi connectivity index (χ0v) is 13.9. The Bertz CT molecular complexity index is 601. The van der Waals surface area contributed by atoms with E-state index in [2.05, 4.69) is 28.2 Å². The van der Waals surface area contributed by atoms with Crippen LogP contribution in [0.25, 0.3) is 0 Å². The Morgan fingerprint density at radius 2 is 2.00 bits per heavy atom. The number of benzene rings is 2. The monoisotopic (exact) mass is 353 g/mol. The fourth-order valence-corrected chi connectivity index (χ4v) is 2.38. The highest BCUT2D eigenvalue weighted by atomic mass is 79.9. The second-order valence-electron chi connectivity index (χ2n) is 4.55. The molecule has 106 valence electrons. The Morgan fingerprint density at radius 3 is 2.70 bits per heavy atom. The Morgan fingerprint density at radius 1 is 1.20 bits per heavy atom. The summed E-state index contributed by atoms with van der Waals surface area (Å²) in [6.45, 7) is 5.78. The minimum atomic E-state index is 0.719. The third-order valence-electron chi connectivity index (χ3n) is 2.97. The molecule has 2 nitrogen and oxygen atoms in total. The molecule has 1 N–H and O–H groups in total. The first-order valence-electron chi connectivity index (χ1n) is 6.53. The number of aryl methyl sites for hydroxylation is 1. The summed E-state index contributed by atoms with van der Waals surface area (Å²) in [5.41, 5.74) is 2.16. The quantitative estimate of drug-likeness (QED) is 0.785. The molecule has 0 unspecified atom stereocenters. The molecule has 0 aliphatic heterocycles. The van der Waals surface area contributed by atoms with Gasteiger partial charge in [0.15, 0.2) is 0 Å². The largest absolute Gasteiger partial charge is 0.457 e. The number of hydrogen-bond acceptors (Lipinski definition) is 2. The maximum absolute atomic E-state index is 6.27. The van der Waals surface area contributed by atoms with Crippen LogP contribution in [-0.2, 0) is 6.54 Å². The van der Waals surface area contributed by atoms with Crippen LogP contribution in [0.3, 0.4) is 0 Å². The van der Waals surface area contributed by atoms with Crippen molar-refractivity contribution >= 4 is 27.5 Å². The van der Waals surface area contributed by atoms with Crippen LogP contribution < -0.4 is 10.1 Å². The van der Waals surface area contributed by atoms with E-state index in [1.807, 2.05) is 43.3 Å². The highest BCUT2D eigenvalue weighted by Crippen LogP contribution is 2.30. The van der Waals surface area contributed by atoms with E-state index in [0.29, 0.717) is 0 Å². The minimum absolute atomic E-state index is 0.719. The number of hydrogen-bond donors (Lipinski definition) is 1. The topological polar surface area (TPSA) is 21.3 Å². The predicted molar refractivity (Wildman–Crippen MR) is 87.8 cm³/mol. The van der Waals surface area contributed by atoms with Gasteiger partial charge in [-0.25, -0.2) is 0 Å². The molecule has 0 bridgehead atoms. The molecule has 0 fully saturated rings. The standard InChI is InChI=1S/C16H17BrClNO/c1-3-19-10-12-5-7-14(9-15(12)18)20-16-8-13(17)6-4-11(16)2/h4-9,19H,3,10H2,1-2H3. The van der Waals surface area contributed by atoms with Gasteiger partial charge >= 0.3 is 0 Å². The molecule has 0 aliphatic carbocycles. The lowest BCUT2D eigenvalue weighted by Crippen LogP contribution is -2.11. The number of rotatable bonds is 5. The fourth-order valence-electron chi connectivity index (χ4n) is 1.81. The van der Waals surface area contributed by atoms with E-state index in [4.69, 9.17) is 16.3 Å². The number of halogens is 2. The lowest BCUT2D eigenvalue weighted by atomic mass is 10.2. The first-order valence-corrected chi connectivity index (χ1v) is 7.70. The van der Waals surface area contributed by atoms with Crippen LogP contribution in [0.2, 0.25) is 5.02 Å². The summed E-state index contributed by atoms with van der Waals surface area (Å²) >= 11 is 9.72. The molecule has 0 spiro atoms. The van der Waals surface area contributed by atoms with E-state index in [9.17, 15) is 0 Å². The molecular weight excluding hydrogens is 338 g/mol. The lowest BCUT2D eigenvalue weighted by Gasteiger charge is -2.11. The van der Waals surface area contributed by atoms with Gasteiger partial charge in [0.05, 0.1) is 0 Å².